The number of rotatable bonds is 2. The summed E-state index contributed by atoms with van der Waals surface area (Å²) in [5, 5.41) is 8.66. The normalized spacial score (nSPS) is 7.78. The molecule has 0 aromatic heterocycles. The van der Waals surface area contributed by atoms with Crippen molar-refractivity contribution in [2.45, 2.75) is 13.8 Å². The van der Waals surface area contributed by atoms with Gasteiger partial charge in [-0.1, -0.05) is 0 Å². The van der Waals surface area contributed by atoms with Crippen LogP contribution in [0.2, 0.25) is 0 Å². The molecule has 0 atom stereocenters. The molecule has 1 N–H and O–H groups in total. The second-order valence-electron chi connectivity index (χ2n) is 1.45. The Morgan fingerprint density at radius 2 is 1.78 bits per heavy atom. The molecular formula is C5H11AgNOS. The summed E-state index contributed by atoms with van der Waals surface area (Å²) in [6, 6.07) is 0. The van der Waals surface area contributed by atoms with E-state index in [4.69, 9.17) is 5.11 Å². The number of aliphatic hydroxyl groups excluding tert-OH is 1. The summed E-state index contributed by atoms with van der Waals surface area (Å²) in [4.78, 5) is 1.70. The van der Waals surface area contributed by atoms with Gasteiger partial charge in [-0.2, -0.15) is 0 Å². The first-order valence-electron chi connectivity index (χ1n) is 2.70. The maximum atomic E-state index is 8.67. The van der Waals surface area contributed by atoms with E-state index in [-0.39, 0.29) is 27.6 Å². The summed E-state index contributed by atoms with van der Waals surface area (Å²) in [6.07, 6.45) is 0. The Balaban J connectivity index is 0. The average molecular weight is 241 g/mol. The van der Waals surface area contributed by atoms with E-state index in [1.54, 1.807) is 4.90 Å². The fourth-order valence-corrected chi connectivity index (χ4v) is 0.752. The van der Waals surface area contributed by atoms with Gasteiger partial charge in [0.1, 0.15) is 0 Å². The van der Waals surface area contributed by atoms with Crippen molar-refractivity contribution < 1.29 is 27.5 Å². The van der Waals surface area contributed by atoms with Gasteiger partial charge in [-0.05, 0) is 26.1 Å². The minimum Gasteiger partial charge on any atom is -0.487 e. The van der Waals surface area contributed by atoms with Crippen molar-refractivity contribution in [1.29, 1.82) is 0 Å². The van der Waals surface area contributed by atoms with Gasteiger partial charge < -0.3 is 10.0 Å². The standard InChI is InChI=1S/C5H11NOS.Ag/c1-3-6(4-2)5(7)8;/h3-4H2,1-2H3,(H,7,8);. The smallest absolute Gasteiger partial charge is 0.256 e. The van der Waals surface area contributed by atoms with Crippen LogP contribution in [0.1, 0.15) is 13.8 Å². The largest absolute Gasteiger partial charge is 0.487 e. The maximum absolute atomic E-state index is 8.67. The van der Waals surface area contributed by atoms with Crippen LogP contribution >= 0.6 is 12.2 Å². The number of aliphatic hydroxyl groups is 1. The van der Waals surface area contributed by atoms with Crippen molar-refractivity contribution >= 4 is 17.4 Å². The third-order valence-corrected chi connectivity index (χ3v) is 1.29. The topological polar surface area (TPSA) is 23.5 Å². The Morgan fingerprint density at radius 1 is 1.44 bits per heavy atom. The summed E-state index contributed by atoms with van der Waals surface area (Å²) in [6.45, 7) is 5.47. The van der Waals surface area contributed by atoms with Crippen molar-refractivity contribution in [3.63, 3.8) is 0 Å². The van der Waals surface area contributed by atoms with Crippen molar-refractivity contribution in [1.82, 2.24) is 4.90 Å². The fourth-order valence-electron chi connectivity index (χ4n) is 0.494. The molecular weight excluding hydrogens is 230 g/mol. The first-order chi connectivity index (χ1) is 3.72. The number of hydrogen-bond donors (Lipinski definition) is 1. The number of hydrogen-bond acceptors (Lipinski definition) is 1. The van der Waals surface area contributed by atoms with Gasteiger partial charge in [-0.25, -0.2) is 0 Å². The molecule has 0 saturated heterocycles. The van der Waals surface area contributed by atoms with Gasteiger partial charge in [0.2, 0.25) is 0 Å². The van der Waals surface area contributed by atoms with Crippen LogP contribution in [0.5, 0.6) is 0 Å². The summed E-state index contributed by atoms with van der Waals surface area (Å²) < 4.78 is 0. The van der Waals surface area contributed by atoms with E-state index >= 15 is 0 Å². The summed E-state index contributed by atoms with van der Waals surface area (Å²) >= 11 is 4.50. The Morgan fingerprint density at radius 3 is 1.78 bits per heavy atom. The molecule has 9 heavy (non-hydrogen) atoms. The molecule has 0 spiro atoms. The van der Waals surface area contributed by atoms with Crippen molar-refractivity contribution in [2.75, 3.05) is 13.1 Å². The Hall–Kier alpha value is 0.430. The molecule has 2 nitrogen and oxygen atoms in total. The third-order valence-electron chi connectivity index (χ3n) is 1.03. The molecule has 0 aliphatic rings. The fraction of sp³-hybridized carbons (Fsp3) is 0.800. The Labute approximate surface area is 76.7 Å². The summed E-state index contributed by atoms with van der Waals surface area (Å²) in [5.74, 6) is 0. The van der Waals surface area contributed by atoms with E-state index in [9.17, 15) is 0 Å². The minimum absolute atomic E-state index is 0. The first-order valence-corrected chi connectivity index (χ1v) is 3.11. The second kappa shape index (κ2) is 6.55. The van der Waals surface area contributed by atoms with E-state index in [1.807, 2.05) is 13.8 Å². The van der Waals surface area contributed by atoms with Crippen LogP contribution in [0.25, 0.3) is 0 Å². The van der Waals surface area contributed by atoms with Gasteiger partial charge in [-0.3, -0.25) is 0 Å². The summed E-state index contributed by atoms with van der Waals surface area (Å²) in [7, 11) is 0. The predicted octanol–water partition coefficient (Wildman–Crippen LogP) is 1.17. The molecule has 1 radical (unpaired) electrons. The van der Waals surface area contributed by atoms with Gasteiger partial charge in [0.15, 0.2) is 0 Å². The number of nitrogens with zero attached hydrogens (tertiary/aromatic N) is 1. The van der Waals surface area contributed by atoms with Crippen LogP contribution in [0.4, 0.5) is 0 Å². The average Bonchev–Trinajstić information content (AvgIpc) is 1.69. The Kier molecular flexibility index (Phi) is 8.83. The van der Waals surface area contributed by atoms with Crippen LogP contribution in [0, 0.1) is 0 Å². The molecule has 0 aliphatic heterocycles. The molecule has 0 aliphatic carbocycles. The zero-order valence-corrected chi connectivity index (χ0v) is 7.82. The van der Waals surface area contributed by atoms with Crippen LogP contribution in [-0.4, -0.2) is 28.3 Å². The molecule has 59 valence electrons. The minimum atomic E-state index is -0.00463. The Bertz CT molecular complexity index is 85.0. The van der Waals surface area contributed by atoms with E-state index in [0.29, 0.717) is 0 Å². The van der Waals surface area contributed by atoms with Crippen molar-refractivity contribution in [2.24, 2.45) is 0 Å². The molecule has 4 heteroatoms. The molecule has 0 fully saturated rings. The molecule has 0 heterocycles. The molecule has 0 bridgehead atoms. The number of thiocarbonyl (C=S) groups is 1. The molecule has 0 rings (SSSR count). The molecule has 0 unspecified atom stereocenters. The van der Waals surface area contributed by atoms with Crippen molar-refractivity contribution in [3.05, 3.63) is 0 Å². The third kappa shape index (κ3) is 4.90. The van der Waals surface area contributed by atoms with Gasteiger partial charge >= 0.3 is 0 Å². The first kappa shape index (κ1) is 12.1. The van der Waals surface area contributed by atoms with Gasteiger partial charge in [0.25, 0.3) is 5.17 Å². The van der Waals surface area contributed by atoms with Gasteiger partial charge in [0.05, 0.1) is 0 Å². The van der Waals surface area contributed by atoms with E-state index < -0.39 is 0 Å². The molecule has 0 aromatic rings. The SMILES string of the molecule is CCN(CC)C(O)=S.[Ag]. The van der Waals surface area contributed by atoms with Crippen LogP contribution in [0.3, 0.4) is 0 Å². The van der Waals surface area contributed by atoms with Crippen LogP contribution in [-0.2, 0) is 22.4 Å². The molecule has 0 saturated carbocycles. The van der Waals surface area contributed by atoms with E-state index in [2.05, 4.69) is 12.2 Å². The predicted molar refractivity (Wildman–Crippen MR) is 38.1 cm³/mol. The maximum Gasteiger partial charge on any atom is 0.256 e. The summed E-state index contributed by atoms with van der Waals surface area (Å²) in [5.41, 5.74) is 0. The van der Waals surface area contributed by atoms with Gasteiger partial charge in [-0.15, -0.1) is 0 Å². The van der Waals surface area contributed by atoms with E-state index in [0.717, 1.165) is 13.1 Å². The van der Waals surface area contributed by atoms with E-state index in [1.165, 1.54) is 0 Å². The van der Waals surface area contributed by atoms with Gasteiger partial charge in [0, 0.05) is 35.5 Å². The van der Waals surface area contributed by atoms with Crippen LogP contribution in [0.15, 0.2) is 0 Å². The molecule has 0 amide bonds. The van der Waals surface area contributed by atoms with Crippen molar-refractivity contribution in [3.8, 4) is 0 Å². The monoisotopic (exact) mass is 240 g/mol. The quantitative estimate of drug-likeness (QED) is 0.579. The second-order valence-corrected chi connectivity index (χ2v) is 1.82. The van der Waals surface area contributed by atoms with Crippen LogP contribution < -0.4 is 0 Å². The molecule has 0 aromatic carbocycles. The zero-order valence-electron chi connectivity index (χ0n) is 5.52. The zero-order chi connectivity index (χ0) is 6.57.